The lowest BCUT2D eigenvalue weighted by Gasteiger charge is -2.17. The zero-order valence-corrected chi connectivity index (χ0v) is 14.1. The summed E-state index contributed by atoms with van der Waals surface area (Å²) in [6.45, 7) is 4.20. The van der Waals surface area contributed by atoms with Crippen LogP contribution in [0.5, 0.6) is 0 Å². The van der Waals surface area contributed by atoms with Gasteiger partial charge in [-0.25, -0.2) is 4.79 Å². The van der Waals surface area contributed by atoms with Gasteiger partial charge in [0.05, 0.1) is 0 Å². The lowest BCUT2D eigenvalue weighted by atomic mass is 10.1. The number of hydrogen-bond donors (Lipinski definition) is 3. The number of halogens is 1. The molecule has 0 heterocycles. The number of urea groups is 1. The number of carbonyl (C=O) groups excluding carboxylic acids is 1. The van der Waals surface area contributed by atoms with Gasteiger partial charge in [0.1, 0.15) is 0 Å². The molecule has 4 N–H and O–H groups in total. The molecule has 0 aliphatic rings. The Balaban J connectivity index is 2.07. The Hall–Kier alpha value is -1.76. The van der Waals surface area contributed by atoms with Crippen LogP contribution >= 0.6 is 22.6 Å². The minimum atomic E-state index is -0.553. The minimum absolute atomic E-state index is 0.172. The van der Waals surface area contributed by atoms with Gasteiger partial charge in [0.25, 0.3) is 0 Å². The molecule has 4 nitrogen and oxygen atoms in total. The number of aryl methyl sites for hydroxylation is 1. The third kappa shape index (κ3) is 4.35. The van der Waals surface area contributed by atoms with Crippen LogP contribution in [0.1, 0.15) is 24.1 Å². The first-order valence-electron chi connectivity index (χ1n) is 6.65. The maximum absolute atomic E-state index is 10.8. The molecule has 2 aromatic carbocycles. The number of rotatable bonds is 4. The third-order valence-electron chi connectivity index (χ3n) is 3.23. The van der Waals surface area contributed by atoms with Crippen LogP contribution in [0, 0.1) is 10.5 Å². The van der Waals surface area contributed by atoms with E-state index in [0.717, 1.165) is 11.3 Å². The van der Waals surface area contributed by atoms with Gasteiger partial charge in [0.15, 0.2) is 0 Å². The van der Waals surface area contributed by atoms with Crippen LogP contribution in [0.25, 0.3) is 0 Å². The number of amides is 2. The Morgan fingerprint density at radius 3 is 2.33 bits per heavy atom. The Kier molecular flexibility index (Phi) is 5.06. The summed E-state index contributed by atoms with van der Waals surface area (Å²) < 4.78 is 1.24. The van der Waals surface area contributed by atoms with E-state index in [9.17, 15) is 4.79 Å². The highest BCUT2D eigenvalue weighted by Crippen LogP contribution is 2.23. The Morgan fingerprint density at radius 1 is 1.14 bits per heavy atom. The van der Waals surface area contributed by atoms with Crippen molar-refractivity contribution in [3.05, 3.63) is 57.2 Å². The van der Waals surface area contributed by atoms with Crippen molar-refractivity contribution >= 4 is 40.0 Å². The zero-order valence-electron chi connectivity index (χ0n) is 12.0. The smallest absolute Gasteiger partial charge is 0.316 e. The van der Waals surface area contributed by atoms with E-state index in [-0.39, 0.29) is 6.04 Å². The quantitative estimate of drug-likeness (QED) is 0.678. The molecule has 5 heteroatoms. The number of anilines is 2. The van der Waals surface area contributed by atoms with E-state index >= 15 is 0 Å². The van der Waals surface area contributed by atoms with E-state index in [4.69, 9.17) is 5.73 Å². The number of benzene rings is 2. The predicted octanol–water partition coefficient (Wildman–Crippen LogP) is 4.26. The molecular weight excluding hydrogens is 377 g/mol. The fourth-order valence-corrected chi connectivity index (χ4v) is 2.53. The summed E-state index contributed by atoms with van der Waals surface area (Å²) >= 11 is 2.33. The molecule has 0 radical (unpaired) electrons. The Labute approximate surface area is 138 Å². The Bertz CT molecular complexity index is 640. The molecule has 0 bridgehead atoms. The summed E-state index contributed by atoms with van der Waals surface area (Å²) in [5.41, 5.74) is 9.29. The number of nitrogens with one attached hydrogen (secondary N) is 2. The normalized spacial score (nSPS) is 11.8. The molecule has 1 unspecified atom stereocenters. The lowest BCUT2D eigenvalue weighted by Crippen LogP contribution is -2.19. The second kappa shape index (κ2) is 6.80. The van der Waals surface area contributed by atoms with Crippen LogP contribution in [0.2, 0.25) is 0 Å². The molecule has 0 saturated heterocycles. The van der Waals surface area contributed by atoms with E-state index < -0.39 is 6.03 Å². The first-order chi connectivity index (χ1) is 9.95. The van der Waals surface area contributed by atoms with Crippen molar-refractivity contribution in [3.8, 4) is 0 Å². The number of hydrogen-bond acceptors (Lipinski definition) is 2. The largest absolute Gasteiger partial charge is 0.378 e. The molecular formula is C16H18IN3O. The van der Waals surface area contributed by atoms with Crippen LogP contribution in [-0.4, -0.2) is 6.03 Å². The maximum Gasteiger partial charge on any atom is 0.316 e. The minimum Gasteiger partial charge on any atom is -0.378 e. The molecule has 2 aromatic rings. The molecule has 0 saturated carbocycles. The number of primary amides is 1. The van der Waals surface area contributed by atoms with Gasteiger partial charge in [-0.1, -0.05) is 18.2 Å². The molecule has 0 spiro atoms. The highest BCUT2D eigenvalue weighted by atomic mass is 127. The topological polar surface area (TPSA) is 67.2 Å². The summed E-state index contributed by atoms with van der Waals surface area (Å²) in [6.07, 6.45) is 0. The van der Waals surface area contributed by atoms with Gasteiger partial charge in [0, 0.05) is 21.0 Å². The first-order valence-corrected chi connectivity index (χ1v) is 7.72. The standard InChI is InChI=1S/C16H18IN3O/c1-10-3-6-14(9-15(10)17)19-11(2)12-4-7-13(8-5-12)20-16(18)21/h3-9,11,19H,1-2H3,(H3,18,20,21). The van der Waals surface area contributed by atoms with E-state index in [0.29, 0.717) is 5.69 Å². The predicted molar refractivity (Wildman–Crippen MR) is 95.6 cm³/mol. The van der Waals surface area contributed by atoms with Crippen LogP contribution in [-0.2, 0) is 0 Å². The summed E-state index contributed by atoms with van der Waals surface area (Å²) in [5.74, 6) is 0. The van der Waals surface area contributed by atoms with Crippen molar-refractivity contribution in [1.82, 2.24) is 0 Å². The van der Waals surface area contributed by atoms with Gasteiger partial charge in [-0.15, -0.1) is 0 Å². The molecule has 0 aliphatic carbocycles. The molecule has 0 aliphatic heterocycles. The third-order valence-corrected chi connectivity index (χ3v) is 4.40. The fraction of sp³-hybridized carbons (Fsp3) is 0.188. The van der Waals surface area contributed by atoms with E-state index in [2.05, 4.69) is 65.3 Å². The van der Waals surface area contributed by atoms with Crippen molar-refractivity contribution < 1.29 is 4.79 Å². The number of nitrogens with two attached hydrogens (primary N) is 1. The molecule has 1 atom stereocenters. The monoisotopic (exact) mass is 395 g/mol. The SMILES string of the molecule is Cc1ccc(NC(C)c2ccc(NC(N)=O)cc2)cc1I. The molecule has 2 rings (SSSR count). The molecule has 0 fully saturated rings. The second-order valence-corrected chi connectivity index (χ2v) is 6.10. The van der Waals surface area contributed by atoms with Gasteiger partial charge < -0.3 is 16.4 Å². The summed E-state index contributed by atoms with van der Waals surface area (Å²) in [5, 5.41) is 6.02. The number of carbonyl (C=O) groups is 1. The van der Waals surface area contributed by atoms with E-state index in [1.807, 2.05) is 24.3 Å². The zero-order chi connectivity index (χ0) is 15.4. The molecule has 110 valence electrons. The van der Waals surface area contributed by atoms with Crippen molar-refractivity contribution in [2.24, 2.45) is 5.73 Å². The average Bonchev–Trinajstić information content (AvgIpc) is 2.43. The van der Waals surface area contributed by atoms with Gasteiger partial charge in [0.2, 0.25) is 0 Å². The highest BCUT2D eigenvalue weighted by Gasteiger charge is 2.06. The lowest BCUT2D eigenvalue weighted by molar-refractivity contribution is 0.259. The first kappa shape index (κ1) is 15.6. The van der Waals surface area contributed by atoms with E-state index in [1.54, 1.807) is 0 Å². The summed E-state index contributed by atoms with van der Waals surface area (Å²) in [6, 6.07) is 13.6. The highest BCUT2D eigenvalue weighted by molar-refractivity contribution is 14.1. The molecule has 21 heavy (non-hydrogen) atoms. The molecule has 0 aromatic heterocycles. The van der Waals surface area contributed by atoms with Gasteiger partial charge >= 0.3 is 6.03 Å². The van der Waals surface area contributed by atoms with Crippen LogP contribution in [0.3, 0.4) is 0 Å². The van der Waals surface area contributed by atoms with E-state index in [1.165, 1.54) is 9.13 Å². The summed E-state index contributed by atoms with van der Waals surface area (Å²) in [4.78, 5) is 10.8. The Morgan fingerprint density at radius 2 is 1.76 bits per heavy atom. The van der Waals surface area contributed by atoms with Crippen LogP contribution in [0.4, 0.5) is 16.2 Å². The maximum atomic E-state index is 10.8. The van der Waals surface area contributed by atoms with Crippen molar-refractivity contribution in [2.45, 2.75) is 19.9 Å². The van der Waals surface area contributed by atoms with Crippen LogP contribution < -0.4 is 16.4 Å². The van der Waals surface area contributed by atoms with Crippen molar-refractivity contribution in [2.75, 3.05) is 10.6 Å². The fourth-order valence-electron chi connectivity index (χ4n) is 2.01. The second-order valence-electron chi connectivity index (χ2n) is 4.94. The van der Waals surface area contributed by atoms with Gasteiger partial charge in [-0.05, 0) is 71.8 Å². The van der Waals surface area contributed by atoms with Crippen molar-refractivity contribution in [1.29, 1.82) is 0 Å². The summed E-state index contributed by atoms with van der Waals surface area (Å²) in [7, 11) is 0. The van der Waals surface area contributed by atoms with Crippen LogP contribution in [0.15, 0.2) is 42.5 Å². The van der Waals surface area contributed by atoms with Gasteiger partial charge in [-0.2, -0.15) is 0 Å². The van der Waals surface area contributed by atoms with Crippen molar-refractivity contribution in [3.63, 3.8) is 0 Å². The average molecular weight is 395 g/mol. The van der Waals surface area contributed by atoms with Gasteiger partial charge in [-0.3, -0.25) is 0 Å². The molecule has 2 amide bonds.